The van der Waals surface area contributed by atoms with Gasteiger partial charge in [-0.25, -0.2) is 0 Å². The van der Waals surface area contributed by atoms with Gasteiger partial charge in [0.25, 0.3) is 5.69 Å². The van der Waals surface area contributed by atoms with Crippen LogP contribution in [0.2, 0.25) is 0 Å². The van der Waals surface area contributed by atoms with Gasteiger partial charge in [0.1, 0.15) is 5.75 Å². The van der Waals surface area contributed by atoms with E-state index < -0.39 is 4.92 Å². The van der Waals surface area contributed by atoms with E-state index in [-0.39, 0.29) is 10.8 Å². The summed E-state index contributed by atoms with van der Waals surface area (Å²) in [5, 5.41) is 11.0. The topological polar surface area (TPSA) is 69.4 Å². The van der Waals surface area contributed by atoms with E-state index in [1.807, 2.05) is 0 Å². The highest BCUT2D eigenvalue weighted by Gasteiger charge is 2.15. The van der Waals surface area contributed by atoms with Crippen molar-refractivity contribution in [2.24, 2.45) is 0 Å². The molecule has 0 saturated carbocycles. The average molecular weight is 281 g/mol. The minimum Gasteiger partial charge on any atom is -0.496 e. The molecule has 0 amide bonds. The molecule has 0 aliphatic heterocycles. The van der Waals surface area contributed by atoms with Gasteiger partial charge in [-0.2, -0.15) is 0 Å². The number of hydrogen-bond acceptors (Lipinski definition) is 5. The molecule has 5 nitrogen and oxygen atoms in total. The van der Waals surface area contributed by atoms with Crippen LogP contribution in [0.3, 0.4) is 0 Å². The first-order valence-corrected chi connectivity index (χ1v) is 6.66. The zero-order valence-electron chi connectivity index (χ0n) is 10.8. The molecule has 1 rings (SSSR count). The van der Waals surface area contributed by atoms with Gasteiger partial charge in [-0.3, -0.25) is 14.9 Å². The van der Waals surface area contributed by atoms with Crippen LogP contribution in [0.15, 0.2) is 24.3 Å². The Bertz CT molecular complexity index is 499. The van der Waals surface area contributed by atoms with Crippen molar-refractivity contribution >= 4 is 28.6 Å². The Labute approximate surface area is 115 Å². The van der Waals surface area contributed by atoms with Crippen LogP contribution in [0, 0.1) is 10.1 Å². The third-order valence-electron chi connectivity index (χ3n) is 2.33. The van der Waals surface area contributed by atoms with Crippen LogP contribution >= 0.6 is 11.8 Å². The number of nitro groups is 1. The second-order valence-electron chi connectivity index (χ2n) is 3.68. The summed E-state index contributed by atoms with van der Waals surface area (Å²) in [6, 6.07) is 4.70. The van der Waals surface area contributed by atoms with Gasteiger partial charge in [0.2, 0.25) is 0 Å². The van der Waals surface area contributed by atoms with Crippen LogP contribution in [-0.2, 0) is 4.79 Å². The predicted molar refractivity (Wildman–Crippen MR) is 76.4 cm³/mol. The molecule has 1 aromatic rings. The first-order valence-electron chi connectivity index (χ1n) is 5.67. The number of hydrogen-bond donors (Lipinski definition) is 0. The fourth-order valence-electron chi connectivity index (χ4n) is 1.51. The van der Waals surface area contributed by atoms with E-state index in [9.17, 15) is 14.9 Å². The summed E-state index contributed by atoms with van der Waals surface area (Å²) in [6.07, 6.45) is 4.14. The largest absolute Gasteiger partial charge is 0.496 e. The van der Waals surface area contributed by atoms with Crippen molar-refractivity contribution in [1.29, 1.82) is 0 Å². The predicted octanol–water partition coefficient (Wildman–Crippen LogP) is 3.29. The van der Waals surface area contributed by atoms with Gasteiger partial charge < -0.3 is 4.74 Å². The Morgan fingerprint density at radius 3 is 2.84 bits per heavy atom. The summed E-state index contributed by atoms with van der Waals surface area (Å²) < 4.78 is 5.12. The summed E-state index contributed by atoms with van der Waals surface area (Å²) in [4.78, 5) is 21.2. The van der Waals surface area contributed by atoms with Crippen molar-refractivity contribution in [2.75, 3.05) is 12.9 Å². The third-order valence-corrected chi connectivity index (χ3v) is 3.18. The smallest absolute Gasteiger partial charge is 0.280 e. The Balaban J connectivity index is 2.83. The summed E-state index contributed by atoms with van der Waals surface area (Å²) in [5.41, 5.74) is 0.456. The summed E-state index contributed by atoms with van der Waals surface area (Å²) >= 11 is 1.23. The number of ether oxygens (including phenoxy) is 1. The van der Waals surface area contributed by atoms with Crippen LogP contribution in [-0.4, -0.2) is 22.9 Å². The second kappa shape index (κ2) is 7.58. The fraction of sp³-hybridized carbons (Fsp3) is 0.308. The van der Waals surface area contributed by atoms with Gasteiger partial charge in [-0.15, -0.1) is 0 Å². The lowest BCUT2D eigenvalue weighted by molar-refractivity contribution is -0.385. The molecule has 0 atom stereocenters. The fourth-order valence-corrected chi connectivity index (χ4v) is 2.05. The lowest BCUT2D eigenvalue weighted by atomic mass is 10.1. The Hall–Kier alpha value is -1.82. The van der Waals surface area contributed by atoms with E-state index in [1.165, 1.54) is 31.9 Å². The number of allylic oxidation sites excluding steroid dienone is 1. The lowest BCUT2D eigenvalue weighted by Gasteiger charge is -2.04. The zero-order chi connectivity index (χ0) is 14.3. The highest BCUT2D eigenvalue weighted by Crippen LogP contribution is 2.29. The Morgan fingerprint density at radius 2 is 2.26 bits per heavy atom. The molecule has 0 unspecified atom stereocenters. The minimum absolute atomic E-state index is 0.00909. The second-order valence-corrected chi connectivity index (χ2v) is 4.95. The SMILES string of the molecule is COc1cccc([N+](=O)[O-])c1C=CCCSC(C)=O. The van der Waals surface area contributed by atoms with Crippen LogP contribution in [0.1, 0.15) is 18.9 Å². The number of methoxy groups -OCH3 is 1. The maximum Gasteiger partial charge on any atom is 0.280 e. The van der Waals surface area contributed by atoms with E-state index in [4.69, 9.17) is 4.74 Å². The van der Waals surface area contributed by atoms with Crippen LogP contribution < -0.4 is 4.74 Å². The van der Waals surface area contributed by atoms with Gasteiger partial charge >= 0.3 is 0 Å². The lowest BCUT2D eigenvalue weighted by Crippen LogP contribution is -1.95. The van der Waals surface area contributed by atoms with Gasteiger partial charge in [0, 0.05) is 18.7 Å². The molecule has 0 aromatic heterocycles. The van der Waals surface area contributed by atoms with Crippen molar-refractivity contribution in [3.05, 3.63) is 40.0 Å². The molecule has 0 fully saturated rings. The van der Waals surface area contributed by atoms with Gasteiger partial charge in [-0.1, -0.05) is 23.9 Å². The van der Waals surface area contributed by atoms with Crippen molar-refractivity contribution in [3.8, 4) is 5.75 Å². The molecular formula is C13H15NO4S. The maximum absolute atomic E-state index is 10.9. The van der Waals surface area contributed by atoms with Crippen molar-refractivity contribution in [1.82, 2.24) is 0 Å². The molecule has 1 aromatic carbocycles. The average Bonchev–Trinajstić information content (AvgIpc) is 2.37. The molecule has 0 radical (unpaired) electrons. The molecule has 102 valence electrons. The molecule has 0 aliphatic rings. The first-order chi connectivity index (χ1) is 9.06. The summed E-state index contributed by atoms with van der Waals surface area (Å²) in [5.74, 6) is 1.12. The molecular weight excluding hydrogens is 266 g/mol. The summed E-state index contributed by atoms with van der Waals surface area (Å²) in [6.45, 7) is 1.51. The number of rotatable bonds is 6. The Kier molecular flexibility index (Phi) is 6.08. The van der Waals surface area contributed by atoms with Crippen molar-refractivity contribution in [2.45, 2.75) is 13.3 Å². The van der Waals surface area contributed by atoms with E-state index in [0.717, 1.165) is 0 Å². The van der Waals surface area contributed by atoms with Crippen LogP contribution in [0.25, 0.3) is 6.08 Å². The standard InChI is InChI=1S/C13H15NO4S/c1-10(15)19-9-4-3-6-11-12(14(16)17)7-5-8-13(11)18-2/h3,5-8H,4,9H2,1-2H3. The monoisotopic (exact) mass is 281 g/mol. The molecule has 6 heteroatoms. The molecule has 0 bridgehead atoms. The molecule has 0 saturated heterocycles. The van der Waals surface area contributed by atoms with Gasteiger partial charge in [0.05, 0.1) is 17.6 Å². The number of nitro benzene ring substituents is 1. The van der Waals surface area contributed by atoms with E-state index in [1.54, 1.807) is 24.3 Å². The highest BCUT2D eigenvalue weighted by atomic mass is 32.2. The molecule has 0 aliphatic carbocycles. The van der Waals surface area contributed by atoms with E-state index in [0.29, 0.717) is 23.5 Å². The summed E-state index contributed by atoms with van der Waals surface area (Å²) in [7, 11) is 1.47. The van der Waals surface area contributed by atoms with E-state index in [2.05, 4.69) is 0 Å². The zero-order valence-corrected chi connectivity index (χ0v) is 11.6. The molecule has 19 heavy (non-hydrogen) atoms. The Morgan fingerprint density at radius 1 is 1.53 bits per heavy atom. The molecule has 0 spiro atoms. The molecule has 0 heterocycles. The third kappa shape index (κ3) is 4.75. The first kappa shape index (κ1) is 15.2. The van der Waals surface area contributed by atoms with Crippen LogP contribution in [0.5, 0.6) is 5.75 Å². The highest BCUT2D eigenvalue weighted by molar-refractivity contribution is 8.13. The maximum atomic E-state index is 10.9. The number of benzene rings is 1. The van der Waals surface area contributed by atoms with Crippen molar-refractivity contribution < 1.29 is 14.5 Å². The van der Waals surface area contributed by atoms with E-state index >= 15 is 0 Å². The molecule has 0 N–H and O–H groups in total. The number of carbonyl (C=O) groups is 1. The minimum atomic E-state index is -0.438. The van der Waals surface area contributed by atoms with Gasteiger partial charge in [0.15, 0.2) is 5.12 Å². The quantitative estimate of drug-likeness (QED) is 0.454. The number of nitrogens with zero attached hydrogens (tertiary/aromatic N) is 1. The number of carbonyl (C=O) groups excluding carboxylic acids is 1. The van der Waals surface area contributed by atoms with Crippen molar-refractivity contribution in [3.63, 3.8) is 0 Å². The van der Waals surface area contributed by atoms with Gasteiger partial charge in [-0.05, 0) is 18.6 Å². The van der Waals surface area contributed by atoms with Crippen LogP contribution in [0.4, 0.5) is 5.69 Å². The number of thioether (sulfide) groups is 1. The normalized spacial score (nSPS) is 10.6.